The molecule has 3 aromatic carbocycles. The smallest absolute Gasteiger partial charge is 0.253 e. The maximum absolute atomic E-state index is 12.9. The van der Waals surface area contributed by atoms with Gasteiger partial charge in [-0.05, 0) is 79.9 Å². The number of aromatic amines is 1. The molecule has 0 unspecified atom stereocenters. The molecule has 0 aliphatic carbocycles. The molecule has 0 aliphatic heterocycles. The van der Waals surface area contributed by atoms with E-state index in [4.69, 9.17) is 4.74 Å². The minimum absolute atomic E-state index is 0.0333. The fourth-order valence-corrected chi connectivity index (χ4v) is 4.35. The van der Waals surface area contributed by atoms with Gasteiger partial charge in [-0.25, -0.2) is 0 Å². The van der Waals surface area contributed by atoms with Crippen LogP contribution in [0.25, 0.3) is 22.2 Å². The van der Waals surface area contributed by atoms with Gasteiger partial charge in [-0.3, -0.25) is 9.59 Å². The molecule has 0 fully saturated rings. The molecule has 6 heteroatoms. The average Bonchev–Trinajstić information content (AvgIpc) is 3.27. The SMILES string of the molecule is CCN(CC)C(=O)c1cccc(NC(=O)CCc2c(-c3ccc(OC)cc3)[nH]c3ccccc23)c1. The van der Waals surface area contributed by atoms with E-state index >= 15 is 0 Å². The molecule has 0 spiro atoms. The summed E-state index contributed by atoms with van der Waals surface area (Å²) < 4.78 is 5.29. The van der Waals surface area contributed by atoms with Crippen LogP contribution >= 0.6 is 0 Å². The molecule has 35 heavy (non-hydrogen) atoms. The number of benzene rings is 3. The molecule has 0 radical (unpaired) electrons. The molecular weight excluding hydrogens is 438 g/mol. The van der Waals surface area contributed by atoms with Crippen molar-refractivity contribution in [2.45, 2.75) is 26.7 Å². The molecule has 2 amide bonds. The highest BCUT2D eigenvalue weighted by Gasteiger charge is 2.16. The van der Waals surface area contributed by atoms with Crippen molar-refractivity contribution in [2.75, 3.05) is 25.5 Å². The van der Waals surface area contributed by atoms with Gasteiger partial charge in [0.1, 0.15) is 5.75 Å². The van der Waals surface area contributed by atoms with Crippen molar-refractivity contribution in [2.24, 2.45) is 0 Å². The Kier molecular flexibility index (Phi) is 7.51. The second kappa shape index (κ2) is 10.9. The third kappa shape index (κ3) is 5.38. The number of H-pyrrole nitrogens is 1. The predicted molar refractivity (Wildman–Crippen MR) is 141 cm³/mol. The monoisotopic (exact) mass is 469 g/mol. The molecule has 180 valence electrons. The Morgan fingerprint density at radius 3 is 2.40 bits per heavy atom. The number of hydrogen-bond donors (Lipinski definition) is 2. The number of carbonyl (C=O) groups is 2. The van der Waals surface area contributed by atoms with Crippen molar-refractivity contribution in [1.82, 2.24) is 9.88 Å². The molecular formula is C29H31N3O3. The van der Waals surface area contributed by atoms with E-state index in [1.54, 1.807) is 30.2 Å². The number of nitrogens with one attached hydrogen (secondary N) is 2. The van der Waals surface area contributed by atoms with E-state index < -0.39 is 0 Å². The first kappa shape index (κ1) is 24.1. The lowest BCUT2D eigenvalue weighted by atomic mass is 10.0. The Balaban J connectivity index is 1.51. The molecule has 2 N–H and O–H groups in total. The van der Waals surface area contributed by atoms with Crippen molar-refractivity contribution in [3.63, 3.8) is 0 Å². The summed E-state index contributed by atoms with van der Waals surface area (Å²) in [7, 11) is 1.65. The quantitative estimate of drug-likeness (QED) is 0.321. The minimum atomic E-state index is -0.0941. The normalized spacial score (nSPS) is 10.8. The zero-order valence-corrected chi connectivity index (χ0v) is 20.4. The van der Waals surface area contributed by atoms with Crippen molar-refractivity contribution in [3.8, 4) is 17.0 Å². The zero-order valence-electron chi connectivity index (χ0n) is 20.4. The number of rotatable bonds is 9. The third-order valence-corrected chi connectivity index (χ3v) is 6.24. The number of nitrogens with zero attached hydrogens (tertiary/aromatic N) is 1. The van der Waals surface area contributed by atoms with Crippen LogP contribution in [0, 0.1) is 0 Å². The summed E-state index contributed by atoms with van der Waals surface area (Å²) in [6, 6.07) is 23.2. The van der Waals surface area contributed by atoms with E-state index in [2.05, 4.69) is 16.4 Å². The van der Waals surface area contributed by atoms with Crippen LogP contribution in [0.3, 0.4) is 0 Å². The van der Waals surface area contributed by atoms with Crippen molar-refractivity contribution < 1.29 is 14.3 Å². The second-order valence-corrected chi connectivity index (χ2v) is 8.36. The van der Waals surface area contributed by atoms with E-state index in [-0.39, 0.29) is 11.8 Å². The van der Waals surface area contributed by atoms with Gasteiger partial charge in [0.15, 0.2) is 0 Å². The standard InChI is InChI=1S/C29H31N3O3/c1-4-32(5-2)29(34)21-9-8-10-22(19-21)30-27(33)18-17-25-24-11-6-7-12-26(24)31-28(25)20-13-15-23(35-3)16-14-20/h6-16,19,31H,4-5,17-18H2,1-3H3,(H,30,33). The van der Waals surface area contributed by atoms with E-state index in [1.165, 1.54) is 0 Å². The van der Waals surface area contributed by atoms with Crippen LogP contribution in [0.15, 0.2) is 72.8 Å². The van der Waals surface area contributed by atoms with Crippen LogP contribution in [0.5, 0.6) is 5.75 Å². The summed E-state index contributed by atoms with van der Waals surface area (Å²) in [5.74, 6) is 0.671. The predicted octanol–water partition coefficient (Wildman–Crippen LogP) is 5.90. The van der Waals surface area contributed by atoms with Gasteiger partial charge < -0.3 is 19.9 Å². The number of amides is 2. The highest BCUT2D eigenvalue weighted by atomic mass is 16.5. The summed E-state index contributed by atoms with van der Waals surface area (Å²) in [6.45, 7) is 5.20. The number of methoxy groups -OCH3 is 1. The second-order valence-electron chi connectivity index (χ2n) is 8.36. The van der Waals surface area contributed by atoms with Crippen LogP contribution in [-0.4, -0.2) is 41.9 Å². The molecule has 0 aliphatic rings. The molecule has 0 saturated carbocycles. The molecule has 1 aromatic heterocycles. The van der Waals surface area contributed by atoms with Crippen LogP contribution in [0.1, 0.15) is 36.2 Å². The number of hydrogen-bond acceptors (Lipinski definition) is 3. The Hall–Kier alpha value is -4.06. The average molecular weight is 470 g/mol. The number of aryl methyl sites for hydroxylation is 1. The highest BCUT2D eigenvalue weighted by molar-refractivity contribution is 5.97. The fourth-order valence-electron chi connectivity index (χ4n) is 4.35. The molecule has 6 nitrogen and oxygen atoms in total. The summed E-state index contributed by atoms with van der Waals surface area (Å²) in [4.78, 5) is 30.8. The van der Waals surface area contributed by atoms with Crippen molar-refractivity contribution in [3.05, 3.63) is 83.9 Å². The molecule has 4 rings (SSSR count). The first-order chi connectivity index (χ1) is 17.0. The molecule has 0 saturated heterocycles. The topological polar surface area (TPSA) is 74.4 Å². The Bertz CT molecular complexity index is 1320. The van der Waals surface area contributed by atoms with Gasteiger partial charge in [0.05, 0.1) is 7.11 Å². The van der Waals surface area contributed by atoms with Crippen LogP contribution in [0.2, 0.25) is 0 Å². The maximum atomic E-state index is 12.9. The molecule has 0 bridgehead atoms. The summed E-state index contributed by atoms with van der Waals surface area (Å²) in [6.07, 6.45) is 0.897. The zero-order chi connectivity index (χ0) is 24.8. The first-order valence-electron chi connectivity index (χ1n) is 12.0. The highest BCUT2D eigenvalue weighted by Crippen LogP contribution is 2.32. The minimum Gasteiger partial charge on any atom is -0.497 e. The number of ether oxygens (including phenoxy) is 1. The van der Waals surface area contributed by atoms with Gasteiger partial charge in [0, 0.05) is 47.4 Å². The number of anilines is 1. The molecule has 4 aromatic rings. The Labute approximate surface area is 205 Å². The number of fused-ring (bicyclic) bond motifs is 1. The Morgan fingerprint density at radius 2 is 1.69 bits per heavy atom. The number of para-hydroxylation sites is 1. The van der Waals surface area contributed by atoms with E-state index in [0.717, 1.165) is 33.5 Å². The van der Waals surface area contributed by atoms with Gasteiger partial charge in [-0.15, -0.1) is 0 Å². The number of aromatic nitrogens is 1. The molecule has 0 atom stereocenters. The van der Waals surface area contributed by atoms with Crippen LogP contribution in [0.4, 0.5) is 5.69 Å². The largest absolute Gasteiger partial charge is 0.497 e. The fraction of sp³-hybridized carbons (Fsp3) is 0.241. The van der Waals surface area contributed by atoms with Gasteiger partial charge in [-0.1, -0.05) is 24.3 Å². The lowest BCUT2D eigenvalue weighted by Crippen LogP contribution is -2.30. The molecule has 1 heterocycles. The van der Waals surface area contributed by atoms with E-state index in [0.29, 0.717) is 37.2 Å². The van der Waals surface area contributed by atoms with Crippen LogP contribution < -0.4 is 10.1 Å². The van der Waals surface area contributed by atoms with Crippen molar-refractivity contribution >= 4 is 28.4 Å². The van der Waals surface area contributed by atoms with Crippen LogP contribution in [-0.2, 0) is 11.2 Å². The first-order valence-corrected chi connectivity index (χ1v) is 12.0. The van der Waals surface area contributed by atoms with Gasteiger partial charge >= 0.3 is 0 Å². The summed E-state index contributed by atoms with van der Waals surface area (Å²) in [5.41, 5.74) is 5.39. The lowest BCUT2D eigenvalue weighted by molar-refractivity contribution is -0.116. The van der Waals surface area contributed by atoms with E-state index in [9.17, 15) is 9.59 Å². The van der Waals surface area contributed by atoms with Gasteiger partial charge in [0.2, 0.25) is 5.91 Å². The van der Waals surface area contributed by atoms with Crippen molar-refractivity contribution in [1.29, 1.82) is 0 Å². The Morgan fingerprint density at radius 1 is 0.943 bits per heavy atom. The van der Waals surface area contributed by atoms with Gasteiger partial charge in [-0.2, -0.15) is 0 Å². The number of carbonyl (C=O) groups excluding carboxylic acids is 2. The summed E-state index contributed by atoms with van der Waals surface area (Å²) in [5, 5.41) is 4.07. The van der Waals surface area contributed by atoms with Gasteiger partial charge in [0.25, 0.3) is 5.91 Å². The maximum Gasteiger partial charge on any atom is 0.253 e. The summed E-state index contributed by atoms with van der Waals surface area (Å²) >= 11 is 0. The van der Waals surface area contributed by atoms with E-state index in [1.807, 2.05) is 62.4 Å². The lowest BCUT2D eigenvalue weighted by Gasteiger charge is -2.19. The third-order valence-electron chi connectivity index (χ3n) is 6.24.